The van der Waals surface area contributed by atoms with Gasteiger partial charge in [-0.25, -0.2) is 4.99 Å². The van der Waals surface area contributed by atoms with E-state index in [0.717, 1.165) is 41.9 Å². The number of anilines is 1. The van der Waals surface area contributed by atoms with E-state index < -0.39 is 0 Å². The Balaban J connectivity index is 0.00000256. The van der Waals surface area contributed by atoms with Crippen LogP contribution in [0.5, 0.6) is 5.75 Å². The highest BCUT2D eigenvalue weighted by Gasteiger charge is 2.23. The van der Waals surface area contributed by atoms with Crippen LogP contribution < -0.4 is 15.0 Å². The molecule has 0 saturated heterocycles. The highest BCUT2D eigenvalue weighted by molar-refractivity contribution is 14.0. The summed E-state index contributed by atoms with van der Waals surface area (Å²) in [7, 11) is 3.65. The summed E-state index contributed by atoms with van der Waals surface area (Å²) in [6, 6.07) is 16.5. The van der Waals surface area contributed by atoms with Crippen molar-refractivity contribution in [2.75, 3.05) is 18.6 Å². The van der Waals surface area contributed by atoms with Gasteiger partial charge < -0.3 is 19.5 Å². The van der Waals surface area contributed by atoms with E-state index in [1.54, 1.807) is 7.11 Å². The molecule has 2 aromatic carbocycles. The number of methoxy groups -OCH3 is 1. The van der Waals surface area contributed by atoms with Gasteiger partial charge in [-0.05, 0) is 42.7 Å². The lowest BCUT2D eigenvalue weighted by Crippen LogP contribution is -2.40. The van der Waals surface area contributed by atoms with Crippen LogP contribution in [0, 0.1) is 6.92 Å². The van der Waals surface area contributed by atoms with Crippen LogP contribution in [0.3, 0.4) is 0 Å². The lowest BCUT2D eigenvalue weighted by Gasteiger charge is -2.22. The summed E-state index contributed by atoms with van der Waals surface area (Å²) in [6.45, 7) is 4.01. The van der Waals surface area contributed by atoms with Crippen molar-refractivity contribution in [3.05, 3.63) is 71.3 Å². The van der Waals surface area contributed by atoms with E-state index in [1.165, 1.54) is 11.3 Å². The number of fused-ring (bicyclic) bond motifs is 1. The minimum atomic E-state index is 0. The molecule has 0 spiro atoms. The van der Waals surface area contributed by atoms with Crippen molar-refractivity contribution in [1.29, 1.82) is 0 Å². The number of benzene rings is 2. The van der Waals surface area contributed by atoms with Gasteiger partial charge in [0.1, 0.15) is 11.6 Å². The molecule has 7 nitrogen and oxygen atoms in total. The predicted molar refractivity (Wildman–Crippen MR) is 130 cm³/mol. The first-order chi connectivity index (χ1) is 14.2. The largest absolute Gasteiger partial charge is 0.497 e. The van der Waals surface area contributed by atoms with Gasteiger partial charge in [-0.2, -0.15) is 0 Å². The Bertz CT molecular complexity index is 1010. The van der Waals surface area contributed by atoms with E-state index >= 15 is 0 Å². The minimum absolute atomic E-state index is 0. The SMILES string of the molecule is COc1ccc(CN=C(NCc2nnc(C)n2C)N2CCc3ccccc32)cc1.I. The first kappa shape index (κ1) is 22.1. The van der Waals surface area contributed by atoms with Gasteiger partial charge in [0.25, 0.3) is 0 Å². The molecule has 0 fully saturated rings. The molecule has 1 aliphatic heterocycles. The molecule has 8 heteroatoms. The lowest BCUT2D eigenvalue weighted by molar-refractivity contribution is 0.414. The van der Waals surface area contributed by atoms with Gasteiger partial charge in [0.05, 0.1) is 20.2 Å². The molecule has 1 N–H and O–H groups in total. The van der Waals surface area contributed by atoms with Crippen LogP contribution in [0.4, 0.5) is 5.69 Å². The monoisotopic (exact) mass is 518 g/mol. The third-order valence-electron chi connectivity index (χ3n) is 5.30. The molecular weight excluding hydrogens is 491 g/mol. The van der Waals surface area contributed by atoms with E-state index in [9.17, 15) is 0 Å². The maximum atomic E-state index is 5.24. The highest BCUT2D eigenvalue weighted by Crippen LogP contribution is 2.27. The molecule has 4 rings (SSSR count). The Morgan fingerprint density at radius 2 is 1.90 bits per heavy atom. The second kappa shape index (κ2) is 9.92. The molecule has 0 saturated carbocycles. The third-order valence-corrected chi connectivity index (χ3v) is 5.30. The van der Waals surface area contributed by atoms with Crippen molar-refractivity contribution in [3.8, 4) is 5.75 Å². The molecular formula is C22H27IN6O. The molecule has 1 aromatic heterocycles. The van der Waals surface area contributed by atoms with E-state index in [0.29, 0.717) is 13.1 Å². The summed E-state index contributed by atoms with van der Waals surface area (Å²) in [5.74, 6) is 3.48. The number of halogens is 1. The van der Waals surface area contributed by atoms with Crippen molar-refractivity contribution in [2.24, 2.45) is 12.0 Å². The van der Waals surface area contributed by atoms with Gasteiger partial charge in [-0.15, -0.1) is 34.2 Å². The van der Waals surface area contributed by atoms with E-state index in [2.05, 4.69) is 44.7 Å². The topological polar surface area (TPSA) is 67.6 Å². The summed E-state index contributed by atoms with van der Waals surface area (Å²) in [5.41, 5.74) is 3.69. The summed E-state index contributed by atoms with van der Waals surface area (Å²) in [4.78, 5) is 7.17. The number of ether oxygens (including phenoxy) is 1. The van der Waals surface area contributed by atoms with Crippen molar-refractivity contribution >= 4 is 35.6 Å². The molecule has 0 radical (unpaired) electrons. The smallest absolute Gasteiger partial charge is 0.199 e. The molecule has 3 aromatic rings. The number of aromatic nitrogens is 3. The average Bonchev–Trinajstić information content (AvgIpc) is 3.32. The molecule has 158 valence electrons. The van der Waals surface area contributed by atoms with Crippen LogP contribution in [0.25, 0.3) is 0 Å². The number of hydrogen-bond donors (Lipinski definition) is 1. The van der Waals surface area contributed by atoms with Crippen LogP contribution in [0.15, 0.2) is 53.5 Å². The van der Waals surface area contributed by atoms with Gasteiger partial charge in [0.15, 0.2) is 11.8 Å². The lowest BCUT2D eigenvalue weighted by atomic mass is 10.2. The van der Waals surface area contributed by atoms with E-state index in [1.807, 2.05) is 42.8 Å². The number of aliphatic imine (C=N–C) groups is 1. The Kier molecular flexibility index (Phi) is 7.30. The van der Waals surface area contributed by atoms with Crippen LogP contribution >= 0.6 is 24.0 Å². The summed E-state index contributed by atoms with van der Waals surface area (Å²) in [5, 5.41) is 11.9. The van der Waals surface area contributed by atoms with Gasteiger partial charge >= 0.3 is 0 Å². The van der Waals surface area contributed by atoms with Gasteiger partial charge in [-0.3, -0.25) is 0 Å². The van der Waals surface area contributed by atoms with Crippen molar-refractivity contribution < 1.29 is 4.74 Å². The fourth-order valence-corrected chi connectivity index (χ4v) is 3.46. The maximum Gasteiger partial charge on any atom is 0.199 e. The number of para-hydroxylation sites is 1. The van der Waals surface area contributed by atoms with Crippen molar-refractivity contribution in [3.63, 3.8) is 0 Å². The van der Waals surface area contributed by atoms with Crippen LogP contribution in [-0.4, -0.2) is 34.4 Å². The predicted octanol–water partition coefficient (Wildman–Crippen LogP) is 3.46. The number of rotatable bonds is 5. The second-order valence-corrected chi connectivity index (χ2v) is 7.09. The standard InChI is InChI=1S/C22H26N6O.HI/c1-16-25-26-21(27(16)2)15-24-22(23-14-17-8-10-19(29-3)11-9-17)28-13-12-18-6-4-5-7-20(18)28;/h4-11H,12-15H2,1-3H3,(H,23,24);1H. The molecule has 0 aliphatic carbocycles. The minimum Gasteiger partial charge on any atom is -0.497 e. The average molecular weight is 518 g/mol. The fourth-order valence-electron chi connectivity index (χ4n) is 3.46. The quantitative estimate of drug-likeness (QED) is 0.319. The zero-order valence-electron chi connectivity index (χ0n) is 17.5. The number of nitrogens with zero attached hydrogens (tertiary/aromatic N) is 5. The van der Waals surface area contributed by atoms with E-state index in [4.69, 9.17) is 9.73 Å². The number of guanidine groups is 1. The van der Waals surface area contributed by atoms with Crippen molar-refractivity contribution in [2.45, 2.75) is 26.4 Å². The van der Waals surface area contributed by atoms with Gasteiger partial charge in [0, 0.05) is 19.3 Å². The van der Waals surface area contributed by atoms with Crippen LogP contribution in [-0.2, 0) is 26.6 Å². The zero-order valence-corrected chi connectivity index (χ0v) is 19.8. The van der Waals surface area contributed by atoms with Gasteiger partial charge in [0.2, 0.25) is 0 Å². The summed E-state index contributed by atoms with van der Waals surface area (Å²) in [6.07, 6.45) is 1.02. The first-order valence-electron chi connectivity index (χ1n) is 9.77. The van der Waals surface area contributed by atoms with Crippen LogP contribution in [0.2, 0.25) is 0 Å². The zero-order chi connectivity index (χ0) is 20.2. The Morgan fingerprint density at radius 3 is 2.60 bits per heavy atom. The number of hydrogen-bond acceptors (Lipinski definition) is 4. The van der Waals surface area contributed by atoms with Crippen molar-refractivity contribution in [1.82, 2.24) is 20.1 Å². The summed E-state index contributed by atoms with van der Waals surface area (Å²) < 4.78 is 7.24. The fraction of sp³-hybridized carbons (Fsp3) is 0.318. The Morgan fingerprint density at radius 1 is 1.13 bits per heavy atom. The van der Waals surface area contributed by atoms with Gasteiger partial charge in [-0.1, -0.05) is 30.3 Å². The highest BCUT2D eigenvalue weighted by atomic mass is 127. The molecule has 0 unspecified atom stereocenters. The molecule has 1 aliphatic rings. The Hall–Kier alpha value is -2.62. The Labute approximate surface area is 194 Å². The maximum absolute atomic E-state index is 5.24. The number of nitrogens with one attached hydrogen (secondary N) is 1. The molecule has 0 atom stereocenters. The van der Waals surface area contributed by atoms with Crippen LogP contribution in [0.1, 0.15) is 22.8 Å². The second-order valence-electron chi connectivity index (χ2n) is 7.09. The third kappa shape index (κ3) is 4.75. The molecule has 0 bridgehead atoms. The molecule has 30 heavy (non-hydrogen) atoms. The molecule has 0 amide bonds. The normalized spacial score (nSPS) is 13.0. The summed E-state index contributed by atoms with van der Waals surface area (Å²) >= 11 is 0. The first-order valence-corrected chi connectivity index (χ1v) is 9.77. The van der Waals surface area contributed by atoms with E-state index in [-0.39, 0.29) is 24.0 Å². The number of aryl methyl sites for hydroxylation is 1. The molecule has 2 heterocycles.